The maximum atomic E-state index is 12.4. The molecule has 0 saturated heterocycles. The Labute approximate surface area is 142 Å². The van der Waals surface area contributed by atoms with Gasteiger partial charge < -0.3 is 20.3 Å². The molecule has 7 heteroatoms. The highest BCUT2D eigenvalue weighted by molar-refractivity contribution is 6.01. The van der Waals surface area contributed by atoms with Crippen molar-refractivity contribution in [2.75, 3.05) is 26.5 Å². The Bertz CT molecular complexity index is 626. The predicted octanol–water partition coefficient (Wildman–Crippen LogP) is 1.50. The molecule has 1 aromatic rings. The summed E-state index contributed by atoms with van der Waals surface area (Å²) in [6.45, 7) is 5.05. The van der Waals surface area contributed by atoms with Crippen LogP contribution in [-0.2, 0) is 9.59 Å². The topological polar surface area (TPSA) is 87.7 Å². The quantitative estimate of drug-likeness (QED) is 0.824. The van der Waals surface area contributed by atoms with E-state index in [1.165, 1.54) is 18.9 Å². The lowest BCUT2D eigenvalue weighted by Gasteiger charge is -2.21. The third-order valence-electron chi connectivity index (χ3n) is 3.41. The molecular formula is C17H25N3O4. The molecule has 24 heavy (non-hydrogen) atoms. The molecule has 132 valence electrons. The summed E-state index contributed by atoms with van der Waals surface area (Å²) >= 11 is 0. The van der Waals surface area contributed by atoms with Gasteiger partial charge in [0.1, 0.15) is 11.8 Å². The van der Waals surface area contributed by atoms with Gasteiger partial charge in [-0.1, -0.05) is 13.8 Å². The largest absolute Gasteiger partial charge is 0.496 e. The summed E-state index contributed by atoms with van der Waals surface area (Å²) in [7, 11) is 4.75. The molecule has 0 saturated carbocycles. The Morgan fingerprint density at radius 1 is 1.17 bits per heavy atom. The number of carbonyl (C=O) groups is 3. The average molecular weight is 335 g/mol. The van der Waals surface area contributed by atoms with Gasteiger partial charge in [0, 0.05) is 26.7 Å². The molecule has 0 aliphatic rings. The van der Waals surface area contributed by atoms with Gasteiger partial charge in [0.05, 0.1) is 12.7 Å². The molecule has 0 bridgehead atoms. The van der Waals surface area contributed by atoms with Gasteiger partial charge in [-0.05, 0) is 24.1 Å². The van der Waals surface area contributed by atoms with Gasteiger partial charge in [-0.3, -0.25) is 14.4 Å². The van der Waals surface area contributed by atoms with Crippen LogP contribution in [0.2, 0.25) is 0 Å². The maximum Gasteiger partial charge on any atom is 0.257 e. The minimum Gasteiger partial charge on any atom is -0.496 e. The van der Waals surface area contributed by atoms with Crippen molar-refractivity contribution >= 4 is 23.4 Å². The van der Waals surface area contributed by atoms with Crippen molar-refractivity contribution in [3.63, 3.8) is 0 Å². The second-order valence-corrected chi connectivity index (χ2v) is 6.03. The molecule has 7 nitrogen and oxygen atoms in total. The van der Waals surface area contributed by atoms with E-state index in [1.807, 2.05) is 13.8 Å². The Morgan fingerprint density at radius 3 is 2.25 bits per heavy atom. The Kier molecular flexibility index (Phi) is 6.76. The standard InChI is InChI=1S/C17H25N3O4/c1-10(2)15(18-11(3)21)16(22)19-12-7-8-14(24-6)13(9-12)17(23)20(4)5/h7-10,15H,1-6H3,(H,18,21)(H,19,22). The lowest BCUT2D eigenvalue weighted by molar-refractivity contribution is -0.126. The van der Waals surface area contributed by atoms with Crippen molar-refractivity contribution in [1.82, 2.24) is 10.2 Å². The van der Waals surface area contributed by atoms with Crippen molar-refractivity contribution in [2.45, 2.75) is 26.8 Å². The Balaban J connectivity index is 3.06. The van der Waals surface area contributed by atoms with E-state index in [1.54, 1.807) is 32.3 Å². The van der Waals surface area contributed by atoms with Crippen molar-refractivity contribution in [3.8, 4) is 5.75 Å². The van der Waals surface area contributed by atoms with Crippen LogP contribution >= 0.6 is 0 Å². The van der Waals surface area contributed by atoms with Gasteiger partial charge in [0.25, 0.3) is 5.91 Å². The number of methoxy groups -OCH3 is 1. The number of nitrogens with one attached hydrogen (secondary N) is 2. The number of rotatable bonds is 6. The molecule has 0 aromatic heterocycles. The number of ether oxygens (including phenoxy) is 1. The SMILES string of the molecule is COc1ccc(NC(=O)C(NC(C)=O)C(C)C)cc1C(=O)N(C)C. The summed E-state index contributed by atoms with van der Waals surface area (Å²) in [6, 6.07) is 4.17. The number of carbonyl (C=O) groups excluding carboxylic acids is 3. The van der Waals surface area contributed by atoms with Gasteiger partial charge in [0.15, 0.2) is 0 Å². The Hall–Kier alpha value is -2.57. The normalized spacial score (nSPS) is 11.6. The van der Waals surface area contributed by atoms with E-state index in [0.29, 0.717) is 17.0 Å². The van der Waals surface area contributed by atoms with E-state index < -0.39 is 6.04 Å². The fourth-order valence-corrected chi connectivity index (χ4v) is 2.17. The highest BCUT2D eigenvalue weighted by Crippen LogP contribution is 2.24. The summed E-state index contributed by atoms with van der Waals surface area (Å²) in [5.74, 6) is -0.495. The van der Waals surface area contributed by atoms with Crippen molar-refractivity contribution in [1.29, 1.82) is 0 Å². The van der Waals surface area contributed by atoms with Crippen molar-refractivity contribution in [2.24, 2.45) is 5.92 Å². The zero-order valence-corrected chi connectivity index (χ0v) is 15.0. The van der Waals surface area contributed by atoms with Crippen LogP contribution in [0.4, 0.5) is 5.69 Å². The van der Waals surface area contributed by atoms with Crippen molar-refractivity contribution < 1.29 is 19.1 Å². The van der Waals surface area contributed by atoms with E-state index in [2.05, 4.69) is 10.6 Å². The molecule has 1 aromatic carbocycles. The molecule has 0 heterocycles. The first-order valence-corrected chi connectivity index (χ1v) is 7.65. The first-order chi connectivity index (χ1) is 11.2. The number of amides is 3. The molecule has 1 unspecified atom stereocenters. The van der Waals surface area contributed by atoms with Crippen LogP contribution in [-0.4, -0.2) is 49.9 Å². The summed E-state index contributed by atoms with van der Waals surface area (Å²) in [6.07, 6.45) is 0. The first-order valence-electron chi connectivity index (χ1n) is 7.65. The summed E-state index contributed by atoms with van der Waals surface area (Å²) in [5.41, 5.74) is 0.808. The predicted molar refractivity (Wildman–Crippen MR) is 92.1 cm³/mol. The summed E-state index contributed by atoms with van der Waals surface area (Å²) < 4.78 is 5.20. The zero-order valence-electron chi connectivity index (χ0n) is 15.0. The minimum absolute atomic E-state index is 0.0741. The second-order valence-electron chi connectivity index (χ2n) is 6.03. The van der Waals surface area contributed by atoms with Crippen LogP contribution in [0.25, 0.3) is 0 Å². The van der Waals surface area contributed by atoms with Gasteiger partial charge in [0.2, 0.25) is 11.8 Å². The van der Waals surface area contributed by atoms with Crippen LogP contribution in [0, 0.1) is 5.92 Å². The fraction of sp³-hybridized carbons (Fsp3) is 0.471. The molecule has 3 amide bonds. The third kappa shape index (κ3) is 4.97. The lowest BCUT2D eigenvalue weighted by Crippen LogP contribution is -2.46. The van der Waals surface area contributed by atoms with Gasteiger partial charge in [-0.2, -0.15) is 0 Å². The fourth-order valence-electron chi connectivity index (χ4n) is 2.17. The first kappa shape index (κ1) is 19.5. The molecule has 0 fully saturated rings. The maximum absolute atomic E-state index is 12.4. The highest BCUT2D eigenvalue weighted by atomic mass is 16.5. The number of anilines is 1. The van der Waals surface area contributed by atoms with Crippen LogP contribution in [0.3, 0.4) is 0 Å². The molecule has 0 aliphatic heterocycles. The van der Waals surface area contributed by atoms with Crippen LogP contribution in [0.15, 0.2) is 18.2 Å². The van der Waals surface area contributed by atoms with E-state index in [-0.39, 0.29) is 23.6 Å². The monoisotopic (exact) mass is 335 g/mol. The smallest absolute Gasteiger partial charge is 0.257 e. The van der Waals surface area contributed by atoms with Crippen LogP contribution in [0.1, 0.15) is 31.1 Å². The molecule has 0 radical (unpaired) electrons. The zero-order chi connectivity index (χ0) is 18.4. The third-order valence-corrected chi connectivity index (χ3v) is 3.41. The van der Waals surface area contributed by atoms with Gasteiger partial charge >= 0.3 is 0 Å². The molecule has 1 atom stereocenters. The van der Waals surface area contributed by atoms with E-state index >= 15 is 0 Å². The number of nitrogens with zero attached hydrogens (tertiary/aromatic N) is 1. The molecule has 0 aliphatic carbocycles. The van der Waals surface area contributed by atoms with Crippen LogP contribution in [0.5, 0.6) is 5.75 Å². The second kappa shape index (κ2) is 8.33. The summed E-state index contributed by atoms with van der Waals surface area (Å²) in [4.78, 5) is 37.3. The summed E-state index contributed by atoms with van der Waals surface area (Å²) in [5, 5.41) is 5.36. The number of hydrogen-bond donors (Lipinski definition) is 2. The van der Waals surface area contributed by atoms with Gasteiger partial charge in [-0.15, -0.1) is 0 Å². The molecule has 1 rings (SSSR count). The van der Waals surface area contributed by atoms with Crippen LogP contribution < -0.4 is 15.4 Å². The molecule has 2 N–H and O–H groups in total. The lowest BCUT2D eigenvalue weighted by atomic mass is 10.0. The Morgan fingerprint density at radius 2 is 1.79 bits per heavy atom. The van der Waals surface area contributed by atoms with E-state index in [4.69, 9.17) is 4.74 Å². The van der Waals surface area contributed by atoms with E-state index in [9.17, 15) is 14.4 Å². The molecular weight excluding hydrogens is 310 g/mol. The number of hydrogen-bond acceptors (Lipinski definition) is 4. The van der Waals surface area contributed by atoms with E-state index in [0.717, 1.165) is 0 Å². The average Bonchev–Trinajstić information content (AvgIpc) is 2.51. The minimum atomic E-state index is -0.655. The molecule has 0 spiro atoms. The highest BCUT2D eigenvalue weighted by Gasteiger charge is 2.24. The van der Waals surface area contributed by atoms with Gasteiger partial charge in [-0.25, -0.2) is 0 Å². The van der Waals surface area contributed by atoms with Crippen molar-refractivity contribution in [3.05, 3.63) is 23.8 Å². The number of benzene rings is 1.